The normalized spacial score (nSPS) is 14.8. The fraction of sp³-hybridized carbons (Fsp3) is 0.182. The van der Waals surface area contributed by atoms with Crippen LogP contribution in [0.1, 0.15) is 17.5 Å². The SMILES string of the molecule is CC(O)(c1cc(F)cc(S)c1)c1nccs1. The topological polar surface area (TPSA) is 33.1 Å². The highest BCUT2D eigenvalue weighted by atomic mass is 32.1. The molecule has 0 aliphatic rings. The molecular weight excluding hydrogens is 245 g/mol. The lowest BCUT2D eigenvalue weighted by atomic mass is 9.97. The third-order valence-electron chi connectivity index (χ3n) is 2.29. The summed E-state index contributed by atoms with van der Waals surface area (Å²) in [7, 11) is 0. The highest BCUT2D eigenvalue weighted by Gasteiger charge is 2.29. The van der Waals surface area contributed by atoms with E-state index in [0.717, 1.165) is 0 Å². The quantitative estimate of drug-likeness (QED) is 0.809. The highest BCUT2D eigenvalue weighted by molar-refractivity contribution is 7.80. The molecule has 1 unspecified atom stereocenters. The molecule has 2 rings (SSSR count). The van der Waals surface area contributed by atoms with Gasteiger partial charge in [0.15, 0.2) is 0 Å². The van der Waals surface area contributed by atoms with E-state index in [-0.39, 0.29) is 0 Å². The number of nitrogens with zero attached hydrogens (tertiary/aromatic N) is 1. The molecule has 2 nitrogen and oxygen atoms in total. The van der Waals surface area contributed by atoms with Gasteiger partial charge in [-0.05, 0) is 30.7 Å². The summed E-state index contributed by atoms with van der Waals surface area (Å²) >= 11 is 5.41. The van der Waals surface area contributed by atoms with Crippen LogP contribution < -0.4 is 0 Å². The molecule has 1 aromatic heterocycles. The minimum Gasteiger partial charge on any atom is -0.378 e. The van der Waals surface area contributed by atoms with Gasteiger partial charge in [0.2, 0.25) is 0 Å². The molecule has 0 aliphatic carbocycles. The van der Waals surface area contributed by atoms with Crippen LogP contribution in [0.15, 0.2) is 34.7 Å². The van der Waals surface area contributed by atoms with Gasteiger partial charge < -0.3 is 5.11 Å². The lowest BCUT2D eigenvalue weighted by molar-refractivity contribution is 0.101. The average Bonchev–Trinajstić information content (AvgIpc) is 2.69. The van der Waals surface area contributed by atoms with Crippen molar-refractivity contribution in [3.63, 3.8) is 0 Å². The van der Waals surface area contributed by atoms with Crippen molar-refractivity contribution in [2.75, 3.05) is 0 Å². The third-order valence-corrected chi connectivity index (χ3v) is 3.54. The van der Waals surface area contributed by atoms with Gasteiger partial charge >= 0.3 is 0 Å². The van der Waals surface area contributed by atoms with Crippen LogP contribution in [0.3, 0.4) is 0 Å². The smallest absolute Gasteiger partial charge is 0.138 e. The molecule has 5 heteroatoms. The van der Waals surface area contributed by atoms with Crippen molar-refractivity contribution in [1.29, 1.82) is 0 Å². The first kappa shape index (κ1) is 11.6. The first-order chi connectivity index (χ1) is 7.50. The molecule has 0 saturated heterocycles. The summed E-state index contributed by atoms with van der Waals surface area (Å²) in [6.45, 7) is 1.59. The van der Waals surface area contributed by atoms with Gasteiger partial charge in [-0.1, -0.05) is 0 Å². The Hall–Kier alpha value is -0.910. The molecular formula is C11H10FNOS2. The number of hydrogen-bond acceptors (Lipinski definition) is 4. The van der Waals surface area contributed by atoms with Crippen LogP contribution in [0, 0.1) is 5.82 Å². The minimum atomic E-state index is -1.28. The van der Waals surface area contributed by atoms with E-state index < -0.39 is 11.4 Å². The zero-order valence-corrected chi connectivity index (χ0v) is 10.2. The Balaban J connectivity index is 2.51. The molecule has 2 aromatic rings. The average molecular weight is 255 g/mol. The predicted octanol–water partition coefficient (Wildman–Crippen LogP) is 2.83. The zero-order chi connectivity index (χ0) is 11.8. The zero-order valence-electron chi connectivity index (χ0n) is 8.51. The van der Waals surface area contributed by atoms with Gasteiger partial charge in [-0.15, -0.1) is 24.0 Å². The van der Waals surface area contributed by atoms with Gasteiger partial charge in [0, 0.05) is 16.5 Å². The first-order valence-corrected chi connectivity index (χ1v) is 5.95. The fourth-order valence-corrected chi connectivity index (χ4v) is 2.42. The Bertz CT molecular complexity index is 476. The maximum Gasteiger partial charge on any atom is 0.138 e. The molecule has 0 amide bonds. The van der Waals surface area contributed by atoms with Crippen molar-refractivity contribution in [1.82, 2.24) is 4.98 Å². The summed E-state index contributed by atoms with van der Waals surface area (Å²) in [6.07, 6.45) is 1.61. The number of thiazole rings is 1. The Morgan fingerprint density at radius 1 is 1.44 bits per heavy atom. The highest BCUT2D eigenvalue weighted by Crippen LogP contribution is 2.31. The van der Waals surface area contributed by atoms with Gasteiger partial charge in [0.1, 0.15) is 16.4 Å². The molecule has 0 radical (unpaired) electrons. The van der Waals surface area contributed by atoms with E-state index >= 15 is 0 Å². The second-order valence-corrected chi connectivity index (χ2v) is 5.02. The maximum absolute atomic E-state index is 13.2. The van der Waals surface area contributed by atoms with E-state index in [4.69, 9.17) is 0 Å². The van der Waals surface area contributed by atoms with Crippen molar-refractivity contribution < 1.29 is 9.50 Å². The number of benzene rings is 1. The maximum atomic E-state index is 13.2. The third kappa shape index (κ3) is 2.11. The molecule has 0 fully saturated rings. The van der Waals surface area contributed by atoms with E-state index in [2.05, 4.69) is 17.6 Å². The van der Waals surface area contributed by atoms with E-state index in [0.29, 0.717) is 15.5 Å². The molecule has 16 heavy (non-hydrogen) atoms. The standard InChI is InChI=1S/C11H10FNOS2/c1-11(14,10-13-2-3-16-10)7-4-8(12)6-9(15)5-7/h2-6,14-15H,1H3. The van der Waals surface area contributed by atoms with E-state index in [9.17, 15) is 9.50 Å². The van der Waals surface area contributed by atoms with E-state index in [1.165, 1.54) is 23.5 Å². The Morgan fingerprint density at radius 2 is 2.19 bits per heavy atom. The molecule has 84 valence electrons. The van der Waals surface area contributed by atoms with Crippen LogP contribution in [-0.4, -0.2) is 10.1 Å². The van der Waals surface area contributed by atoms with Gasteiger partial charge in [0.05, 0.1) is 0 Å². The fourth-order valence-electron chi connectivity index (χ4n) is 1.44. The summed E-state index contributed by atoms with van der Waals surface area (Å²) in [6, 6.07) is 4.22. The van der Waals surface area contributed by atoms with Gasteiger partial charge in [-0.25, -0.2) is 9.37 Å². The first-order valence-electron chi connectivity index (χ1n) is 4.62. The Kier molecular flexibility index (Phi) is 3.01. The molecule has 0 saturated carbocycles. The molecule has 1 aromatic carbocycles. The lowest BCUT2D eigenvalue weighted by Gasteiger charge is -2.21. The van der Waals surface area contributed by atoms with Gasteiger partial charge in [-0.2, -0.15) is 0 Å². The minimum absolute atomic E-state index is 0.417. The van der Waals surface area contributed by atoms with Crippen molar-refractivity contribution in [2.24, 2.45) is 0 Å². The van der Waals surface area contributed by atoms with Crippen molar-refractivity contribution in [3.8, 4) is 0 Å². The van der Waals surface area contributed by atoms with E-state index in [1.54, 1.807) is 24.6 Å². The molecule has 0 bridgehead atoms. The van der Waals surface area contributed by atoms with Crippen LogP contribution in [-0.2, 0) is 5.60 Å². The Labute approximate surface area is 102 Å². The lowest BCUT2D eigenvalue weighted by Crippen LogP contribution is -2.22. The number of aliphatic hydroxyl groups is 1. The van der Waals surface area contributed by atoms with E-state index in [1.807, 2.05) is 0 Å². The summed E-state index contributed by atoms with van der Waals surface area (Å²) in [4.78, 5) is 4.52. The van der Waals surface area contributed by atoms with Crippen LogP contribution in [0.5, 0.6) is 0 Å². The monoisotopic (exact) mass is 255 g/mol. The predicted molar refractivity (Wildman–Crippen MR) is 64.4 cm³/mol. The van der Waals surface area contributed by atoms with Crippen molar-refractivity contribution in [2.45, 2.75) is 17.4 Å². The molecule has 0 aliphatic heterocycles. The van der Waals surface area contributed by atoms with Crippen molar-refractivity contribution in [3.05, 3.63) is 46.2 Å². The number of hydrogen-bond donors (Lipinski definition) is 2. The number of rotatable bonds is 2. The van der Waals surface area contributed by atoms with Crippen LogP contribution >= 0.6 is 24.0 Å². The second-order valence-electron chi connectivity index (χ2n) is 3.61. The van der Waals surface area contributed by atoms with Crippen LogP contribution in [0.2, 0.25) is 0 Å². The molecule has 0 spiro atoms. The summed E-state index contributed by atoms with van der Waals surface area (Å²) in [5.41, 5.74) is -0.833. The second kappa shape index (κ2) is 4.16. The number of aromatic nitrogens is 1. The molecule has 1 atom stereocenters. The summed E-state index contributed by atoms with van der Waals surface area (Å²) in [5, 5.41) is 12.6. The van der Waals surface area contributed by atoms with Gasteiger partial charge in [0.25, 0.3) is 0 Å². The number of thiol groups is 1. The van der Waals surface area contributed by atoms with Crippen molar-refractivity contribution >= 4 is 24.0 Å². The molecule has 1 heterocycles. The largest absolute Gasteiger partial charge is 0.378 e. The molecule has 1 N–H and O–H groups in total. The van der Waals surface area contributed by atoms with Crippen LogP contribution in [0.4, 0.5) is 4.39 Å². The summed E-state index contributed by atoms with van der Waals surface area (Å²) < 4.78 is 13.2. The summed E-state index contributed by atoms with van der Waals surface area (Å²) in [5.74, 6) is -0.417. The van der Waals surface area contributed by atoms with Gasteiger partial charge in [-0.3, -0.25) is 0 Å². The Morgan fingerprint density at radius 3 is 2.75 bits per heavy atom. The van der Waals surface area contributed by atoms with Crippen LogP contribution in [0.25, 0.3) is 0 Å². The number of halogens is 1.